The topological polar surface area (TPSA) is 35.6 Å². The van der Waals surface area contributed by atoms with Gasteiger partial charge in [-0.2, -0.15) is 0 Å². The highest BCUT2D eigenvalue weighted by atomic mass is 35.5. The van der Waals surface area contributed by atoms with Crippen molar-refractivity contribution < 1.29 is 4.79 Å². The van der Waals surface area contributed by atoms with E-state index in [1.165, 1.54) is 5.69 Å². The van der Waals surface area contributed by atoms with Gasteiger partial charge >= 0.3 is 0 Å². The standard InChI is InChI=1S/C15H22ClN3O/c1-3-17-11-13-14(16)5-4-6-15(13)19-9-7-18(8-10-19)12(2)20/h4-6,17H,3,7-11H2,1-2H3. The lowest BCUT2D eigenvalue weighted by Gasteiger charge is -2.36. The second-order valence-corrected chi connectivity index (χ2v) is 5.42. The van der Waals surface area contributed by atoms with Gasteiger partial charge in [-0.1, -0.05) is 24.6 Å². The molecule has 1 aromatic rings. The molecule has 0 aliphatic carbocycles. The van der Waals surface area contributed by atoms with Crippen LogP contribution in [0.3, 0.4) is 0 Å². The van der Waals surface area contributed by atoms with Gasteiger partial charge < -0.3 is 15.1 Å². The van der Waals surface area contributed by atoms with Crippen LogP contribution in [-0.4, -0.2) is 43.5 Å². The number of benzene rings is 1. The Hall–Kier alpha value is -1.26. The van der Waals surface area contributed by atoms with Gasteiger partial charge in [0.1, 0.15) is 0 Å². The summed E-state index contributed by atoms with van der Waals surface area (Å²) in [4.78, 5) is 15.6. The van der Waals surface area contributed by atoms with Gasteiger partial charge in [0.05, 0.1) is 0 Å². The van der Waals surface area contributed by atoms with Crippen LogP contribution >= 0.6 is 11.6 Å². The number of rotatable bonds is 4. The fourth-order valence-corrected chi connectivity index (χ4v) is 2.77. The first-order valence-electron chi connectivity index (χ1n) is 7.12. The lowest BCUT2D eigenvalue weighted by Crippen LogP contribution is -2.48. The van der Waals surface area contributed by atoms with Gasteiger partial charge in [-0.15, -0.1) is 0 Å². The zero-order chi connectivity index (χ0) is 14.5. The van der Waals surface area contributed by atoms with E-state index >= 15 is 0 Å². The normalized spacial score (nSPS) is 15.6. The molecule has 1 heterocycles. The predicted molar refractivity (Wildman–Crippen MR) is 83.3 cm³/mol. The summed E-state index contributed by atoms with van der Waals surface area (Å²) in [5, 5.41) is 4.14. The van der Waals surface area contributed by atoms with Crippen LogP contribution in [0.1, 0.15) is 19.4 Å². The van der Waals surface area contributed by atoms with E-state index in [0.29, 0.717) is 0 Å². The summed E-state index contributed by atoms with van der Waals surface area (Å²) < 4.78 is 0. The van der Waals surface area contributed by atoms with Crippen molar-refractivity contribution >= 4 is 23.2 Å². The van der Waals surface area contributed by atoms with E-state index in [1.807, 2.05) is 17.0 Å². The highest BCUT2D eigenvalue weighted by Gasteiger charge is 2.21. The summed E-state index contributed by atoms with van der Waals surface area (Å²) in [5.74, 6) is 0.156. The molecule has 0 spiro atoms. The Kier molecular flexibility index (Phi) is 5.26. The van der Waals surface area contributed by atoms with E-state index in [0.717, 1.165) is 49.9 Å². The van der Waals surface area contributed by atoms with Crippen molar-refractivity contribution in [1.82, 2.24) is 10.2 Å². The summed E-state index contributed by atoms with van der Waals surface area (Å²) in [6, 6.07) is 6.04. The van der Waals surface area contributed by atoms with E-state index < -0.39 is 0 Å². The van der Waals surface area contributed by atoms with Crippen molar-refractivity contribution in [3.05, 3.63) is 28.8 Å². The summed E-state index contributed by atoms with van der Waals surface area (Å²) in [7, 11) is 0. The Labute approximate surface area is 125 Å². The van der Waals surface area contributed by atoms with Gasteiger partial charge in [-0.05, 0) is 18.7 Å². The van der Waals surface area contributed by atoms with Gasteiger partial charge in [0.2, 0.25) is 5.91 Å². The largest absolute Gasteiger partial charge is 0.368 e. The molecule has 0 radical (unpaired) electrons. The number of carbonyl (C=O) groups is 1. The molecule has 1 aliphatic rings. The Morgan fingerprint density at radius 3 is 2.60 bits per heavy atom. The minimum atomic E-state index is 0.156. The minimum Gasteiger partial charge on any atom is -0.368 e. The summed E-state index contributed by atoms with van der Waals surface area (Å²) >= 11 is 6.33. The highest BCUT2D eigenvalue weighted by Crippen LogP contribution is 2.28. The minimum absolute atomic E-state index is 0.156. The second kappa shape index (κ2) is 6.95. The van der Waals surface area contributed by atoms with E-state index in [2.05, 4.69) is 23.2 Å². The molecule has 110 valence electrons. The van der Waals surface area contributed by atoms with Gasteiger partial charge in [0.25, 0.3) is 0 Å². The molecule has 4 nitrogen and oxygen atoms in total. The number of piperazine rings is 1. The van der Waals surface area contributed by atoms with Crippen molar-refractivity contribution in [3.63, 3.8) is 0 Å². The lowest BCUT2D eigenvalue weighted by atomic mass is 10.1. The van der Waals surface area contributed by atoms with Gasteiger partial charge in [-0.3, -0.25) is 4.79 Å². The molecule has 1 N–H and O–H groups in total. The average molecular weight is 296 g/mol. The molecule has 5 heteroatoms. The van der Waals surface area contributed by atoms with Crippen molar-refractivity contribution in [2.75, 3.05) is 37.6 Å². The van der Waals surface area contributed by atoms with Crippen molar-refractivity contribution in [3.8, 4) is 0 Å². The molecule has 0 unspecified atom stereocenters. The first kappa shape index (κ1) is 15.1. The summed E-state index contributed by atoms with van der Waals surface area (Å²) in [6.07, 6.45) is 0. The van der Waals surface area contributed by atoms with Crippen LogP contribution in [0.2, 0.25) is 5.02 Å². The summed E-state index contributed by atoms with van der Waals surface area (Å²) in [6.45, 7) is 8.69. The van der Waals surface area contributed by atoms with Crippen LogP contribution in [0.5, 0.6) is 0 Å². The number of hydrogen-bond donors (Lipinski definition) is 1. The number of nitrogens with one attached hydrogen (secondary N) is 1. The monoisotopic (exact) mass is 295 g/mol. The maximum absolute atomic E-state index is 11.4. The molecular formula is C15H22ClN3O. The van der Waals surface area contributed by atoms with Crippen LogP contribution in [0.15, 0.2) is 18.2 Å². The van der Waals surface area contributed by atoms with Crippen LogP contribution in [0.4, 0.5) is 5.69 Å². The zero-order valence-corrected chi connectivity index (χ0v) is 12.9. The van der Waals surface area contributed by atoms with Crippen molar-refractivity contribution in [2.45, 2.75) is 20.4 Å². The number of amides is 1. The van der Waals surface area contributed by atoms with Crippen molar-refractivity contribution in [2.24, 2.45) is 0 Å². The number of anilines is 1. The number of nitrogens with zero attached hydrogens (tertiary/aromatic N) is 2. The third-order valence-electron chi connectivity index (χ3n) is 3.71. The zero-order valence-electron chi connectivity index (χ0n) is 12.2. The van der Waals surface area contributed by atoms with Gasteiger partial charge in [0, 0.05) is 55.9 Å². The molecule has 20 heavy (non-hydrogen) atoms. The Bertz CT molecular complexity index is 470. The Balaban J connectivity index is 2.13. The molecule has 0 bridgehead atoms. The second-order valence-electron chi connectivity index (χ2n) is 5.01. The highest BCUT2D eigenvalue weighted by molar-refractivity contribution is 6.31. The summed E-state index contributed by atoms with van der Waals surface area (Å²) in [5.41, 5.74) is 2.33. The molecule has 1 aromatic carbocycles. The quantitative estimate of drug-likeness (QED) is 0.924. The molecule has 0 aromatic heterocycles. The van der Waals surface area contributed by atoms with Gasteiger partial charge in [0.15, 0.2) is 0 Å². The fourth-order valence-electron chi connectivity index (χ4n) is 2.53. The van der Waals surface area contributed by atoms with E-state index in [9.17, 15) is 4.79 Å². The number of halogens is 1. The smallest absolute Gasteiger partial charge is 0.219 e. The SMILES string of the molecule is CCNCc1c(Cl)cccc1N1CCN(C(C)=O)CC1. The number of carbonyl (C=O) groups excluding carboxylic acids is 1. The van der Waals surface area contributed by atoms with Crippen LogP contribution in [-0.2, 0) is 11.3 Å². The Morgan fingerprint density at radius 1 is 1.30 bits per heavy atom. The fraction of sp³-hybridized carbons (Fsp3) is 0.533. The molecule has 1 fully saturated rings. The first-order chi connectivity index (χ1) is 9.63. The lowest BCUT2D eigenvalue weighted by molar-refractivity contribution is -0.129. The number of hydrogen-bond acceptors (Lipinski definition) is 3. The average Bonchev–Trinajstić information content (AvgIpc) is 2.46. The van der Waals surface area contributed by atoms with Gasteiger partial charge in [-0.25, -0.2) is 0 Å². The molecule has 1 aliphatic heterocycles. The van der Waals surface area contributed by atoms with E-state index in [-0.39, 0.29) is 5.91 Å². The van der Waals surface area contributed by atoms with Crippen LogP contribution in [0.25, 0.3) is 0 Å². The third-order valence-corrected chi connectivity index (χ3v) is 4.07. The molecular weight excluding hydrogens is 274 g/mol. The van der Waals surface area contributed by atoms with Crippen molar-refractivity contribution in [1.29, 1.82) is 0 Å². The van der Waals surface area contributed by atoms with E-state index in [4.69, 9.17) is 11.6 Å². The molecule has 0 atom stereocenters. The van der Waals surface area contributed by atoms with Crippen LogP contribution < -0.4 is 10.2 Å². The first-order valence-corrected chi connectivity index (χ1v) is 7.49. The molecule has 1 saturated heterocycles. The third kappa shape index (κ3) is 3.44. The van der Waals surface area contributed by atoms with E-state index in [1.54, 1.807) is 6.92 Å². The Morgan fingerprint density at radius 2 is 2.00 bits per heavy atom. The molecule has 2 rings (SSSR count). The predicted octanol–water partition coefficient (Wildman–Crippen LogP) is 2.12. The molecule has 1 amide bonds. The molecule has 0 saturated carbocycles. The maximum atomic E-state index is 11.4. The van der Waals surface area contributed by atoms with Crippen LogP contribution in [0, 0.1) is 0 Å². The maximum Gasteiger partial charge on any atom is 0.219 e.